The fourth-order valence-electron chi connectivity index (χ4n) is 1.59. The summed E-state index contributed by atoms with van der Waals surface area (Å²) < 4.78 is 2.18. The van der Waals surface area contributed by atoms with Crippen LogP contribution in [0.2, 0.25) is 0 Å². The lowest BCUT2D eigenvalue weighted by atomic mass is 10.1. The Kier molecular flexibility index (Phi) is 2.55. The number of aromatic carboxylic acids is 1. The van der Waals surface area contributed by atoms with Crippen molar-refractivity contribution in [2.45, 2.75) is 0 Å². The van der Waals surface area contributed by atoms with Crippen molar-refractivity contribution in [3.8, 4) is 0 Å². The highest BCUT2D eigenvalue weighted by atomic mass is 79.9. The van der Waals surface area contributed by atoms with Gasteiger partial charge in [-0.1, -0.05) is 22.0 Å². The van der Waals surface area contributed by atoms with Crippen LogP contribution in [0.25, 0.3) is 10.9 Å². The first kappa shape index (κ1) is 10.9. The molecule has 1 aromatic carbocycles. The summed E-state index contributed by atoms with van der Waals surface area (Å²) in [6.45, 7) is 0. The molecule has 1 aromatic heterocycles. The normalized spacial score (nSPS) is 10.6. The zero-order valence-corrected chi connectivity index (χ0v) is 9.98. The molecule has 4 nitrogen and oxygen atoms in total. The highest BCUT2D eigenvalue weighted by Crippen LogP contribution is 2.18. The topological polar surface area (TPSA) is 59.3 Å². The van der Waals surface area contributed by atoms with Crippen molar-refractivity contribution < 1.29 is 9.90 Å². The van der Waals surface area contributed by atoms with Crippen LogP contribution in [-0.4, -0.2) is 15.6 Å². The maximum absolute atomic E-state index is 11.7. The van der Waals surface area contributed by atoms with Gasteiger partial charge in [-0.2, -0.15) is 0 Å². The van der Waals surface area contributed by atoms with Crippen LogP contribution < -0.4 is 5.56 Å². The lowest BCUT2D eigenvalue weighted by molar-refractivity contribution is 0.0694. The summed E-state index contributed by atoms with van der Waals surface area (Å²) in [6, 6.07) is 6.75. The van der Waals surface area contributed by atoms with Crippen LogP contribution in [0, 0.1) is 0 Å². The Bertz CT molecular complexity index is 645. The second kappa shape index (κ2) is 3.75. The van der Waals surface area contributed by atoms with Crippen LogP contribution in [-0.2, 0) is 7.05 Å². The number of fused-ring (bicyclic) bond motifs is 1. The molecule has 2 rings (SSSR count). The third-order valence-electron chi connectivity index (χ3n) is 2.42. The number of carboxylic acid groups (broad SMARTS) is 1. The third kappa shape index (κ3) is 1.63. The molecule has 1 N–H and O–H groups in total. The second-order valence-electron chi connectivity index (χ2n) is 3.43. The summed E-state index contributed by atoms with van der Waals surface area (Å²) in [7, 11) is 1.56. The van der Waals surface area contributed by atoms with Gasteiger partial charge in [-0.25, -0.2) is 4.79 Å². The van der Waals surface area contributed by atoms with Crippen LogP contribution >= 0.6 is 15.9 Å². The van der Waals surface area contributed by atoms with Crippen molar-refractivity contribution in [2.75, 3.05) is 0 Å². The zero-order chi connectivity index (χ0) is 11.9. The molecule has 0 atom stereocenters. The van der Waals surface area contributed by atoms with E-state index in [0.717, 1.165) is 9.86 Å². The Morgan fingerprint density at radius 2 is 2.06 bits per heavy atom. The summed E-state index contributed by atoms with van der Waals surface area (Å²) in [6.07, 6.45) is 0. The van der Waals surface area contributed by atoms with E-state index in [2.05, 4.69) is 15.9 Å². The standard InChI is InChI=1S/C11H8BrNO3/c1-13-9-5-7(12)3-2-6(9)4-8(10(13)14)11(15)16/h2-5H,1H3,(H,15,16). The first-order valence-corrected chi connectivity index (χ1v) is 5.32. The van der Waals surface area contributed by atoms with Crippen LogP contribution in [0.1, 0.15) is 10.4 Å². The molecule has 82 valence electrons. The molecule has 0 bridgehead atoms. The predicted molar refractivity (Wildman–Crippen MR) is 63.8 cm³/mol. The Morgan fingerprint density at radius 3 is 2.69 bits per heavy atom. The van der Waals surface area contributed by atoms with Gasteiger partial charge in [0.05, 0.1) is 5.52 Å². The molecular weight excluding hydrogens is 274 g/mol. The van der Waals surface area contributed by atoms with Gasteiger partial charge in [-0.3, -0.25) is 4.79 Å². The molecule has 0 amide bonds. The van der Waals surface area contributed by atoms with Crippen molar-refractivity contribution in [1.29, 1.82) is 0 Å². The minimum Gasteiger partial charge on any atom is -0.477 e. The van der Waals surface area contributed by atoms with E-state index in [9.17, 15) is 9.59 Å². The zero-order valence-electron chi connectivity index (χ0n) is 8.40. The molecule has 16 heavy (non-hydrogen) atoms. The van der Waals surface area contributed by atoms with Crippen molar-refractivity contribution in [1.82, 2.24) is 4.57 Å². The summed E-state index contributed by atoms with van der Waals surface area (Å²) in [4.78, 5) is 22.6. The molecule has 5 heteroatoms. The van der Waals surface area contributed by atoms with E-state index in [1.807, 2.05) is 0 Å². The van der Waals surface area contributed by atoms with E-state index in [0.29, 0.717) is 5.52 Å². The molecule has 0 saturated carbocycles. The predicted octanol–water partition coefficient (Wildman–Crippen LogP) is 2.00. The van der Waals surface area contributed by atoms with Crippen LogP contribution in [0.15, 0.2) is 33.5 Å². The van der Waals surface area contributed by atoms with Gasteiger partial charge < -0.3 is 9.67 Å². The molecule has 0 radical (unpaired) electrons. The first-order valence-electron chi connectivity index (χ1n) is 4.53. The largest absolute Gasteiger partial charge is 0.477 e. The molecule has 2 aromatic rings. The van der Waals surface area contributed by atoms with Crippen LogP contribution in [0.4, 0.5) is 0 Å². The highest BCUT2D eigenvalue weighted by Gasteiger charge is 2.12. The molecular formula is C11H8BrNO3. The number of pyridine rings is 1. The smallest absolute Gasteiger partial charge is 0.341 e. The number of rotatable bonds is 1. The molecule has 0 spiro atoms. The van der Waals surface area contributed by atoms with E-state index in [4.69, 9.17) is 5.11 Å². The number of aromatic nitrogens is 1. The van der Waals surface area contributed by atoms with Gasteiger partial charge in [-0.15, -0.1) is 0 Å². The van der Waals surface area contributed by atoms with E-state index >= 15 is 0 Å². The average molecular weight is 282 g/mol. The minimum atomic E-state index is -1.20. The number of hydrogen-bond acceptors (Lipinski definition) is 2. The number of carbonyl (C=O) groups is 1. The van der Waals surface area contributed by atoms with E-state index < -0.39 is 11.5 Å². The van der Waals surface area contributed by atoms with Crippen LogP contribution in [0.5, 0.6) is 0 Å². The Morgan fingerprint density at radius 1 is 1.38 bits per heavy atom. The van der Waals surface area contributed by atoms with E-state index in [-0.39, 0.29) is 5.56 Å². The molecule has 0 fully saturated rings. The third-order valence-corrected chi connectivity index (χ3v) is 2.91. The molecule has 0 aliphatic carbocycles. The maximum atomic E-state index is 11.7. The minimum absolute atomic E-state index is 0.211. The van der Waals surface area contributed by atoms with E-state index in [1.54, 1.807) is 25.2 Å². The maximum Gasteiger partial charge on any atom is 0.341 e. The lowest BCUT2D eigenvalue weighted by Gasteiger charge is -2.06. The number of carboxylic acids is 1. The fraction of sp³-hybridized carbons (Fsp3) is 0.0909. The number of aryl methyl sites for hydroxylation is 1. The SMILES string of the molecule is Cn1c(=O)c(C(=O)O)cc2ccc(Br)cc21. The van der Waals surface area contributed by atoms with Gasteiger partial charge in [0.2, 0.25) is 0 Å². The van der Waals surface area contributed by atoms with Crippen molar-refractivity contribution in [3.63, 3.8) is 0 Å². The van der Waals surface area contributed by atoms with Gasteiger partial charge in [0.1, 0.15) is 5.56 Å². The van der Waals surface area contributed by atoms with Crippen LogP contribution in [0.3, 0.4) is 0 Å². The monoisotopic (exact) mass is 281 g/mol. The highest BCUT2D eigenvalue weighted by molar-refractivity contribution is 9.10. The lowest BCUT2D eigenvalue weighted by Crippen LogP contribution is -2.24. The van der Waals surface area contributed by atoms with E-state index in [1.165, 1.54) is 10.6 Å². The second-order valence-corrected chi connectivity index (χ2v) is 4.35. The van der Waals surface area contributed by atoms with Gasteiger partial charge in [0.25, 0.3) is 5.56 Å². The van der Waals surface area contributed by atoms with Gasteiger partial charge in [0.15, 0.2) is 0 Å². The summed E-state index contributed by atoms with van der Waals surface area (Å²) in [5.41, 5.74) is -0.0141. The number of hydrogen-bond donors (Lipinski definition) is 1. The number of nitrogens with zero attached hydrogens (tertiary/aromatic N) is 1. The number of halogens is 1. The molecule has 0 saturated heterocycles. The number of benzene rings is 1. The van der Waals surface area contributed by atoms with Gasteiger partial charge in [0, 0.05) is 11.5 Å². The summed E-state index contributed by atoms with van der Waals surface area (Å²) in [5.74, 6) is -1.20. The molecule has 1 heterocycles. The molecule has 0 aliphatic rings. The van der Waals surface area contributed by atoms with Crippen molar-refractivity contribution in [3.05, 3.63) is 44.7 Å². The van der Waals surface area contributed by atoms with Gasteiger partial charge in [-0.05, 0) is 23.6 Å². The van der Waals surface area contributed by atoms with Gasteiger partial charge >= 0.3 is 5.97 Å². The first-order chi connectivity index (χ1) is 7.50. The van der Waals surface area contributed by atoms with Crippen molar-refractivity contribution in [2.24, 2.45) is 7.05 Å². The molecule has 0 unspecified atom stereocenters. The summed E-state index contributed by atoms with van der Waals surface area (Å²) in [5, 5.41) is 9.61. The fourth-order valence-corrected chi connectivity index (χ4v) is 1.94. The Balaban J connectivity index is 2.94. The van der Waals surface area contributed by atoms with Crippen molar-refractivity contribution >= 4 is 32.8 Å². The Labute approximate surface area is 99.3 Å². The average Bonchev–Trinajstić information content (AvgIpc) is 2.23. The summed E-state index contributed by atoms with van der Waals surface area (Å²) >= 11 is 3.31. The Hall–Kier alpha value is -1.62. The molecule has 0 aliphatic heterocycles. The quantitative estimate of drug-likeness (QED) is 0.870.